The van der Waals surface area contributed by atoms with Crippen LogP contribution in [0.4, 0.5) is 0 Å². The molecule has 1 rings (SSSR count). The van der Waals surface area contributed by atoms with E-state index in [4.69, 9.17) is 4.74 Å². The Kier molecular flexibility index (Phi) is 8.03. The lowest BCUT2D eigenvalue weighted by atomic mass is 10.1. The molecule has 1 aromatic heterocycles. The molecule has 108 valence electrons. The molecular formula is C16H27NO2. The molecule has 0 aliphatic heterocycles. The topological polar surface area (TPSA) is 31.2 Å². The summed E-state index contributed by atoms with van der Waals surface area (Å²) in [5.41, 5.74) is -0.00432. The summed E-state index contributed by atoms with van der Waals surface area (Å²) in [5, 5.41) is 0. The summed E-state index contributed by atoms with van der Waals surface area (Å²) in [6.45, 7) is 5.47. The lowest BCUT2D eigenvalue weighted by molar-refractivity contribution is 0.331. The molecule has 0 aromatic carbocycles. The lowest BCUT2D eigenvalue weighted by Crippen LogP contribution is -2.21. The highest BCUT2D eigenvalue weighted by atomic mass is 16.5. The van der Waals surface area contributed by atoms with E-state index >= 15 is 0 Å². The molecule has 0 N–H and O–H groups in total. The van der Waals surface area contributed by atoms with Crippen LogP contribution < -0.4 is 10.3 Å². The Hall–Kier alpha value is -1.25. The smallest absolute Gasteiger partial charge is 0.292 e. The molecule has 0 fully saturated rings. The number of ether oxygens (including phenoxy) is 1. The van der Waals surface area contributed by atoms with Crippen molar-refractivity contribution in [2.24, 2.45) is 0 Å². The Morgan fingerprint density at radius 3 is 2.42 bits per heavy atom. The molecule has 3 heteroatoms. The van der Waals surface area contributed by atoms with Crippen LogP contribution in [0, 0.1) is 0 Å². The van der Waals surface area contributed by atoms with Gasteiger partial charge in [-0.2, -0.15) is 0 Å². The van der Waals surface area contributed by atoms with Gasteiger partial charge in [0.25, 0.3) is 5.56 Å². The zero-order valence-electron chi connectivity index (χ0n) is 12.4. The van der Waals surface area contributed by atoms with Gasteiger partial charge in [0.2, 0.25) is 0 Å². The zero-order chi connectivity index (χ0) is 13.9. The van der Waals surface area contributed by atoms with E-state index in [0.717, 1.165) is 13.0 Å². The maximum absolute atomic E-state index is 12.0. The standard InChI is InChI=1S/C16H27NO2/c1-3-5-6-7-8-9-10-13-17-14-11-12-15(16(17)18)19-4-2/h11-12,14H,3-10,13H2,1-2H3. The van der Waals surface area contributed by atoms with E-state index in [2.05, 4.69) is 6.92 Å². The summed E-state index contributed by atoms with van der Waals surface area (Å²) >= 11 is 0. The molecule has 0 radical (unpaired) electrons. The van der Waals surface area contributed by atoms with Gasteiger partial charge in [0.05, 0.1) is 6.61 Å². The van der Waals surface area contributed by atoms with Gasteiger partial charge >= 0.3 is 0 Å². The SMILES string of the molecule is CCCCCCCCCn1cccc(OCC)c1=O. The number of pyridine rings is 1. The summed E-state index contributed by atoms with van der Waals surface area (Å²) < 4.78 is 7.08. The van der Waals surface area contributed by atoms with E-state index in [1.165, 1.54) is 38.5 Å². The number of hydrogen-bond donors (Lipinski definition) is 0. The van der Waals surface area contributed by atoms with Gasteiger partial charge in [0, 0.05) is 12.7 Å². The first kappa shape index (κ1) is 15.8. The molecule has 0 unspecified atom stereocenters. The van der Waals surface area contributed by atoms with E-state index in [1.807, 2.05) is 19.2 Å². The van der Waals surface area contributed by atoms with Gasteiger partial charge in [-0.1, -0.05) is 45.4 Å². The number of hydrogen-bond acceptors (Lipinski definition) is 2. The zero-order valence-corrected chi connectivity index (χ0v) is 12.4. The van der Waals surface area contributed by atoms with Crippen molar-refractivity contribution in [2.45, 2.75) is 65.3 Å². The van der Waals surface area contributed by atoms with Crippen LogP contribution in [0.25, 0.3) is 0 Å². The van der Waals surface area contributed by atoms with E-state index in [1.54, 1.807) is 10.6 Å². The van der Waals surface area contributed by atoms with Crippen molar-refractivity contribution in [3.05, 3.63) is 28.7 Å². The summed E-state index contributed by atoms with van der Waals surface area (Å²) in [6, 6.07) is 3.63. The Morgan fingerprint density at radius 1 is 1.05 bits per heavy atom. The predicted octanol–water partition coefficient (Wildman–Crippen LogP) is 4.00. The molecule has 0 bridgehead atoms. The van der Waals surface area contributed by atoms with Crippen molar-refractivity contribution in [1.82, 2.24) is 4.57 Å². The summed E-state index contributed by atoms with van der Waals surface area (Å²) in [7, 11) is 0. The molecule has 0 atom stereocenters. The predicted molar refractivity (Wildman–Crippen MR) is 79.9 cm³/mol. The fraction of sp³-hybridized carbons (Fsp3) is 0.688. The van der Waals surface area contributed by atoms with Crippen molar-refractivity contribution in [1.29, 1.82) is 0 Å². The van der Waals surface area contributed by atoms with Gasteiger partial charge in [-0.05, 0) is 25.5 Å². The van der Waals surface area contributed by atoms with E-state index in [0.29, 0.717) is 12.4 Å². The van der Waals surface area contributed by atoms with Gasteiger partial charge in [0.1, 0.15) is 0 Å². The molecule has 1 heterocycles. The van der Waals surface area contributed by atoms with Crippen molar-refractivity contribution < 1.29 is 4.74 Å². The van der Waals surface area contributed by atoms with Gasteiger partial charge in [-0.3, -0.25) is 4.79 Å². The average molecular weight is 265 g/mol. The molecule has 0 aliphatic carbocycles. The van der Waals surface area contributed by atoms with Crippen LogP contribution in [-0.4, -0.2) is 11.2 Å². The van der Waals surface area contributed by atoms with Crippen molar-refractivity contribution in [2.75, 3.05) is 6.61 Å². The number of aryl methyl sites for hydroxylation is 1. The highest BCUT2D eigenvalue weighted by Gasteiger charge is 2.02. The van der Waals surface area contributed by atoms with E-state index in [-0.39, 0.29) is 5.56 Å². The quantitative estimate of drug-likeness (QED) is 0.599. The highest BCUT2D eigenvalue weighted by molar-refractivity contribution is 5.17. The number of aromatic nitrogens is 1. The van der Waals surface area contributed by atoms with Gasteiger partial charge in [-0.15, -0.1) is 0 Å². The largest absolute Gasteiger partial charge is 0.488 e. The molecule has 0 amide bonds. The molecule has 0 saturated heterocycles. The third-order valence-electron chi connectivity index (χ3n) is 3.29. The molecule has 0 aliphatic rings. The maximum atomic E-state index is 12.0. The number of nitrogens with zero attached hydrogens (tertiary/aromatic N) is 1. The van der Waals surface area contributed by atoms with Crippen molar-refractivity contribution in [3.63, 3.8) is 0 Å². The van der Waals surface area contributed by atoms with Crippen molar-refractivity contribution in [3.8, 4) is 5.75 Å². The Balaban J connectivity index is 2.29. The van der Waals surface area contributed by atoms with Crippen LogP contribution in [0.15, 0.2) is 23.1 Å². The second-order valence-electron chi connectivity index (χ2n) is 4.93. The minimum atomic E-state index is -0.00432. The number of unbranched alkanes of at least 4 members (excludes halogenated alkanes) is 6. The maximum Gasteiger partial charge on any atom is 0.292 e. The summed E-state index contributed by atoms with van der Waals surface area (Å²) in [6.07, 6.45) is 10.7. The fourth-order valence-corrected chi connectivity index (χ4v) is 2.20. The summed E-state index contributed by atoms with van der Waals surface area (Å²) in [5.74, 6) is 0.466. The van der Waals surface area contributed by atoms with Crippen LogP contribution in [0.3, 0.4) is 0 Å². The normalized spacial score (nSPS) is 10.6. The van der Waals surface area contributed by atoms with Crippen LogP contribution in [0.1, 0.15) is 58.8 Å². The van der Waals surface area contributed by atoms with Gasteiger partial charge in [-0.25, -0.2) is 0 Å². The van der Waals surface area contributed by atoms with Gasteiger partial charge in [0.15, 0.2) is 5.75 Å². The lowest BCUT2D eigenvalue weighted by Gasteiger charge is -2.08. The van der Waals surface area contributed by atoms with Crippen molar-refractivity contribution >= 4 is 0 Å². The average Bonchev–Trinajstić information content (AvgIpc) is 2.42. The molecular weight excluding hydrogens is 238 g/mol. The Labute approximate surface area is 116 Å². The minimum absolute atomic E-state index is 0.00432. The molecule has 0 spiro atoms. The first-order chi connectivity index (χ1) is 9.29. The van der Waals surface area contributed by atoms with Crippen LogP contribution >= 0.6 is 0 Å². The van der Waals surface area contributed by atoms with E-state index < -0.39 is 0 Å². The van der Waals surface area contributed by atoms with Crippen LogP contribution in [0.2, 0.25) is 0 Å². The summed E-state index contributed by atoms with van der Waals surface area (Å²) in [4.78, 5) is 12.0. The molecule has 19 heavy (non-hydrogen) atoms. The van der Waals surface area contributed by atoms with Gasteiger partial charge < -0.3 is 9.30 Å². The minimum Gasteiger partial charge on any atom is -0.488 e. The molecule has 3 nitrogen and oxygen atoms in total. The highest BCUT2D eigenvalue weighted by Crippen LogP contribution is 2.08. The number of rotatable bonds is 10. The third kappa shape index (κ3) is 5.95. The third-order valence-corrected chi connectivity index (χ3v) is 3.29. The monoisotopic (exact) mass is 265 g/mol. The van der Waals surface area contributed by atoms with Crippen LogP contribution in [0.5, 0.6) is 5.75 Å². The Morgan fingerprint density at radius 2 is 1.74 bits per heavy atom. The second-order valence-corrected chi connectivity index (χ2v) is 4.93. The van der Waals surface area contributed by atoms with Crippen LogP contribution in [-0.2, 0) is 6.54 Å². The van der Waals surface area contributed by atoms with E-state index in [9.17, 15) is 4.79 Å². The molecule has 1 aromatic rings. The second kappa shape index (κ2) is 9.65. The first-order valence-corrected chi connectivity index (χ1v) is 7.61. The fourth-order valence-electron chi connectivity index (χ4n) is 2.20. The Bertz CT molecular complexity index is 398. The first-order valence-electron chi connectivity index (χ1n) is 7.61. The molecule has 0 saturated carbocycles.